The average molecular weight is 244 g/mol. The van der Waals surface area contributed by atoms with Gasteiger partial charge in [-0.3, -0.25) is 4.79 Å². The van der Waals surface area contributed by atoms with Crippen LogP contribution in [0.3, 0.4) is 0 Å². The highest BCUT2D eigenvalue weighted by atomic mass is 16.2. The lowest BCUT2D eigenvalue weighted by Gasteiger charge is -2.25. The number of hydrogen-bond donors (Lipinski definition) is 3. The van der Waals surface area contributed by atoms with Crippen LogP contribution in [0.25, 0.3) is 0 Å². The highest BCUT2D eigenvalue weighted by Crippen LogP contribution is 2.16. The van der Waals surface area contributed by atoms with Gasteiger partial charge in [-0.15, -0.1) is 0 Å². The van der Waals surface area contributed by atoms with Gasteiger partial charge in [-0.05, 0) is 5.41 Å². The van der Waals surface area contributed by atoms with E-state index in [1.54, 1.807) is 14.1 Å². The third kappa shape index (κ3) is 6.11. The lowest BCUT2D eigenvalue weighted by Crippen LogP contribution is -2.50. The Balaban J connectivity index is 3.84. The largest absolute Gasteiger partial charge is 0.353 e. The van der Waals surface area contributed by atoms with Crippen molar-refractivity contribution in [3.8, 4) is 0 Å². The van der Waals surface area contributed by atoms with Crippen LogP contribution in [-0.2, 0) is 4.79 Å². The van der Waals surface area contributed by atoms with Crippen LogP contribution in [0.4, 0.5) is 4.79 Å². The van der Waals surface area contributed by atoms with Crippen molar-refractivity contribution in [3.05, 3.63) is 0 Å². The number of urea groups is 1. The van der Waals surface area contributed by atoms with E-state index in [-0.39, 0.29) is 17.4 Å². The van der Waals surface area contributed by atoms with Crippen molar-refractivity contribution in [1.82, 2.24) is 15.5 Å². The SMILES string of the molecule is CN(C)C(=O)NCCNC(=O)[C@@H](N)C(C)(C)C. The molecule has 3 amide bonds. The molecular formula is C11H24N4O2. The highest BCUT2D eigenvalue weighted by molar-refractivity contribution is 5.82. The monoisotopic (exact) mass is 244 g/mol. The first kappa shape index (κ1) is 15.7. The summed E-state index contributed by atoms with van der Waals surface area (Å²) in [5.74, 6) is -0.198. The van der Waals surface area contributed by atoms with Gasteiger partial charge in [-0.25, -0.2) is 4.79 Å². The summed E-state index contributed by atoms with van der Waals surface area (Å²) in [6.07, 6.45) is 0. The lowest BCUT2D eigenvalue weighted by atomic mass is 9.87. The molecule has 0 radical (unpaired) electrons. The summed E-state index contributed by atoms with van der Waals surface area (Å²) in [6, 6.07) is -0.730. The maximum Gasteiger partial charge on any atom is 0.316 e. The summed E-state index contributed by atoms with van der Waals surface area (Å²) in [5, 5.41) is 5.33. The number of carbonyl (C=O) groups excluding carboxylic acids is 2. The van der Waals surface area contributed by atoms with E-state index in [2.05, 4.69) is 10.6 Å². The van der Waals surface area contributed by atoms with Gasteiger partial charge in [-0.2, -0.15) is 0 Å². The molecule has 0 unspecified atom stereocenters. The van der Waals surface area contributed by atoms with Crippen LogP contribution in [0.1, 0.15) is 20.8 Å². The number of nitrogens with two attached hydrogens (primary N) is 1. The molecule has 0 aromatic rings. The van der Waals surface area contributed by atoms with Gasteiger partial charge in [-0.1, -0.05) is 20.8 Å². The zero-order chi connectivity index (χ0) is 13.6. The fourth-order valence-electron chi connectivity index (χ4n) is 1.02. The Bertz CT molecular complexity index is 271. The molecule has 0 aromatic heterocycles. The first-order chi connectivity index (χ1) is 7.66. The predicted molar refractivity (Wildman–Crippen MR) is 67.5 cm³/mol. The first-order valence-electron chi connectivity index (χ1n) is 5.64. The minimum atomic E-state index is -0.549. The van der Waals surface area contributed by atoms with E-state index in [9.17, 15) is 9.59 Å². The van der Waals surface area contributed by atoms with Crippen LogP contribution in [0.2, 0.25) is 0 Å². The summed E-state index contributed by atoms with van der Waals surface area (Å²) in [4.78, 5) is 24.2. The predicted octanol–water partition coefficient (Wildman–Crippen LogP) is -0.253. The molecule has 0 fully saturated rings. The quantitative estimate of drug-likeness (QED) is 0.596. The van der Waals surface area contributed by atoms with Crippen LogP contribution < -0.4 is 16.4 Å². The minimum absolute atomic E-state index is 0.181. The third-order valence-electron chi connectivity index (χ3n) is 2.32. The van der Waals surface area contributed by atoms with Gasteiger partial charge in [0, 0.05) is 27.2 Å². The van der Waals surface area contributed by atoms with E-state index in [1.807, 2.05) is 20.8 Å². The van der Waals surface area contributed by atoms with Crippen molar-refractivity contribution in [3.63, 3.8) is 0 Å². The molecule has 0 saturated carbocycles. The molecule has 0 aliphatic carbocycles. The number of hydrogen-bond acceptors (Lipinski definition) is 3. The number of nitrogens with zero attached hydrogens (tertiary/aromatic N) is 1. The van der Waals surface area contributed by atoms with E-state index >= 15 is 0 Å². The summed E-state index contributed by atoms with van der Waals surface area (Å²) >= 11 is 0. The fourth-order valence-corrected chi connectivity index (χ4v) is 1.02. The van der Waals surface area contributed by atoms with Gasteiger partial charge in [0.25, 0.3) is 0 Å². The first-order valence-corrected chi connectivity index (χ1v) is 5.64. The van der Waals surface area contributed by atoms with Crippen LogP contribution in [0, 0.1) is 5.41 Å². The molecule has 0 aromatic carbocycles. The molecule has 0 heterocycles. The maximum absolute atomic E-state index is 11.6. The van der Waals surface area contributed by atoms with Crippen molar-refractivity contribution in [2.45, 2.75) is 26.8 Å². The molecule has 4 N–H and O–H groups in total. The van der Waals surface area contributed by atoms with Crippen LogP contribution in [-0.4, -0.2) is 50.1 Å². The topological polar surface area (TPSA) is 87.5 Å². The van der Waals surface area contributed by atoms with E-state index in [0.717, 1.165) is 0 Å². The van der Waals surface area contributed by atoms with Gasteiger partial charge in [0.05, 0.1) is 6.04 Å². The summed E-state index contributed by atoms with van der Waals surface area (Å²) in [7, 11) is 3.31. The lowest BCUT2D eigenvalue weighted by molar-refractivity contribution is -0.124. The second kappa shape index (κ2) is 6.44. The van der Waals surface area contributed by atoms with Crippen molar-refractivity contribution in [1.29, 1.82) is 0 Å². The van der Waals surface area contributed by atoms with Crippen LogP contribution in [0.5, 0.6) is 0 Å². The van der Waals surface area contributed by atoms with Crippen molar-refractivity contribution in [2.24, 2.45) is 11.1 Å². The Kier molecular flexibility index (Phi) is 5.95. The van der Waals surface area contributed by atoms with Gasteiger partial charge in [0.1, 0.15) is 0 Å². The van der Waals surface area contributed by atoms with Gasteiger partial charge >= 0.3 is 6.03 Å². The normalized spacial score (nSPS) is 12.8. The van der Waals surface area contributed by atoms with Crippen molar-refractivity contribution < 1.29 is 9.59 Å². The van der Waals surface area contributed by atoms with E-state index in [4.69, 9.17) is 5.73 Å². The summed E-state index contributed by atoms with van der Waals surface area (Å²) < 4.78 is 0. The molecule has 0 rings (SSSR count). The van der Waals surface area contributed by atoms with Gasteiger partial charge in [0.2, 0.25) is 5.91 Å². The Morgan fingerprint density at radius 1 is 1.18 bits per heavy atom. The standard InChI is InChI=1S/C11H24N4O2/c1-11(2,3)8(12)9(16)13-6-7-14-10(17)15(4)5/h8H,6-7,12H2,1-5H3,(H,13,16)(H,14,17)/t8-/m1/s1. The third-order valence-corrected chi connectivity index (χ3v) is 2.32. The molecule has 0 saturated heterocycles. The van der Waals surface area contributed by atoms with Crippen LogP contribution in [0.15, 0.2) is 0 Å². The number of carbonyl (C=O) groups is 2. The molecule has 0 aliphatic rings. The van der Waals surface area contributed by atoms with Crippen molar-refractivity contribution in [2.75, 3.05) is 27.2 Å². The van der Waals surface area contributed by atoms with E-state index in [1.165, 1.54) is 4.90 Å². The minimum Gasteiger partial charge on any atom is -0.353 e. The second-order valence-electron chi connectivity index (χ2n) is 5.26. The van der Waals surface area contributed by atoms with Crippen LogP contribution >= 0.6 is 0 Å². The van der Waals surface area contributed by atoms with E-state index < -0.39 is 6.04 Å². The maximum atomic E-state index is 11.6. The van der Waals surface area contributed by atoms with E-state index in [0.29, 0.717) is 13.1 Å². The molecule has 6 heteroatoms. The Morgan fingerprint density at radius 2 is 1.65 bits per heavy atom. The molecule has 0 spiro atoms. The zero-order valence-corrected chi connectivity index (χ0v) is 11.3. The molecule has 17 heavy (non-hydrogen) atoms. The molecule has 6 nitrogen and oxygen atoms in total. The molecule has 100 valence electrons. The number of nitrogens with one attached hydrogen (secondary N) is 2. The highest BCUT2D eigenvalue weighted by Gasteiger charge is 2.26. The molecule has 0 aliphatic heterocycles. The van der Waals surface area contributed by atoms with Gasteiger partial charge in [0.15, 0.2) is 0 Å². The zero-order valence-electron chi connectivity index (χ0n) is 11.3. The second-order valence-corrected chi connectivity index (χ2v) is 5.26. The molecule has 0 bridgehead atoms. The smallest absolute Gasteiger partial charge is 0.316 e. The Morgan fingerprint density at radius 3 is 2.06 bits per heavy atom. The summed E-state index contributed by atoms with van der Waals surface area (Å²) in [6.45, 7) is 6.49. The van der Waals surface area contributed by atoms with Crippen molar-refractivity contribution >= 4 is 11.9 Å². The Hall–Kier alpha value is -1.30. The number of amides is 3. The fraction of sp³-hybridized carbons (Fsp3) is 0.818. The summed E-state index contributed by atoms with van der Waals surface area (Å²) in [5.41, 5.74) is 5.51. The molecular weight excluding hydrogens is 220 g/mol. The average Bonchev–Trinajstić information content (AvgIpc) is 2.20. The Labute approximate surface area is 103 Å². The number of rotatable bonds is 4. The van der Waals surface area contributed by atoms with Gasteiger partial charge < -0.3 is 21.3 Å². The molecule has 1 atom stereocenters.